The van der Waals surface area contributed by atoms with Crippen molar-refractivity contribution in [2.24, 2.45) is 0 Å². The largest absolute Gasteiger partial charge is 0.497 e. The molecule has 80 valence electrons. The number of methoxy groups -OCH3 is 1. The molecule has 1 aliphatic carbocycles. The van der Waals surface area contributed by atoms with Gasteiger partial charge in [0.25, 0.3) is 0 Å². The number of benzene rings is 1. The summed E-state index contributed by atoms with van der Waals surface area (Å²) in [5, 5.41) is 3.49. The molecule has 1 aromatic rings. The van der Waals surface area contributed by atoms with Crippen LogP contribution in [0.25, 0.3) is 0 Å². The maximum atomic E-state index is 5.19. The molecule has 0 amide bonds. The molecule has 2 rings (SSSR count). The number of nitrogens with one attached hydrogen (secondary N) is 1. The molecule has 0 spiro atoms. The first-order chi connectivity index (χ1) is 7.38. The van der Waals surface area contributed by atoms with Crippen molar-refractivity contribution in [3.8, 4) is 5.75 Å². The van der Waals surface area contributed by atoms with E-state index in [0.29, 0.717) is 6.04 Å². The Labute approximate surface area is 91.0 Å². The number of allylic oxidation sites excluding steroid dienone is 1. The molecule has 0 bridgehead atoms. The molecule has 1 aromatic carbocycles. The van der Waals surface area contributed by atoms with Crippen LogP contribution in [0.2, 0.25) is 0 Å². The minimum atomic E-state index is 0.478. The van der Waals surface area contributed by atoms with Gasteiger partial charge in [0.05, 0.1) is 7.11 Å². The molecule has 0 aliphatic heterocycles. The third-order valence-corrected chi connectivity index (χ3v) is 2.68. The highest BCUT2D eigenvalue weighted by atomic mass is 16.5. The third kappa shape index (κ3) is 2.75. The smallest absolute Gasteiger partial charge is 0.120 e. The Bertz CT molecular complexity index is 346. The van der Waals surface area contributed by atoms with Gasteiger partial charge in [0.15, 0.2) is 0 Å². The zero-order chi connectivity index (χ0) is 10.5. The Morgan fingerprint density at radius 1 is 1.40 bits per heavy atom. The van der Waals surface area contributed by atoms with Crippen LogP contribution in [0, 0.1) is 0 Å². The Kier molecular flexibility index (Phi) is 3.28. The fraction of sp³-hybridized carbons (Fsp3) is 0.385. The van der Waals surface area contributed by atoms with Gasteiger partial charge in [0.1, 0.15) is 5.75 Å². The molecule has 0 fully saturated rings. The second-order valence-corrected chi connectivity index (χ2v) is 3.84. The van der Waals surface area contributed by atoms with Crippen LogP contribution in [0.15, 0.2) is 36.4 Å². The molecular formula is C13H17NO. The van der Waals surface area contributed by atoms with Crippen LogP contribution in [0.3, 0.4) is 0 Å². The van der Waals surface area contributed by atoms with Crippen molar-refractivity contribution >= 4 is 5.69 Å². The maximum absolute atomic E-state index is 5.19. The first kappa shape index (κ1) is 10.1. The van der Waals surface area contributed by atoms with Gasteiger partial charge in [-0.05, 0) is 31.4 Å². The monoisotopic (exact) mass is 203 g/mol. The van der Waals surface area contributed by atoms with Gasteiger partial charge in [-0.2, -0.15) is 0 Å². The van der Waals surface area contributed by atoms with Crippen molar-refractivity contribution in [3.05, 3.63) is 36.4 Å². The lowest BCUT2D eigenvalue weighted by Gasteiger charge is -2.19. The molecule has 1 N–H and O–H groups in total. The first-order valence-electron chi connectivity index (χ1n) is 5.46. The summed E-state index contributed by atoms with van der Waals surface area (Å²) in [6.07, 6.45) is 8.21. The molecule has 0 heterocycles. The lowest BCUT2D eigenvalue weighted by Crippen LogP contribution is -2.18. The summed E-state index contributed by atoms with van der Waals surface area (Å²) in [5.41, 5.74) is 1.13. The van der Waals surface area contributed by atoms with Gasteiger partial charge in [0.2, 0.25) is 0 Å². The van der Waals surface area contributed by atoms with E-state index in [4.69, 9.17) is 4.74 Å². The van der Waals surface area contributed by atoms with Crippen LogP contribution in [0.5, 0.6) is 5.75 Å². The van der Waals surface area contributed by atoms with E-state index in [1.807, 2.05) is 18.2 Å². The van der Waals surface area contributed by atoms with E-state index in [1.165, 1.54) is 19.3 Å². The Hall–Kier alpha value is -1.44. The number of hydrogen-bond acceptors (Lipinski definition) is 2. The molecule has 0 aromatic heterocycles. The first-order valence-corrected chi connectivity index (χ1v) is 5.46. The van der Waals surface area contributed by atoms with Crippen LogP contribution in [-0.4, -0.2) is 13.2 Å². The number of hydrogen-bond donors (Lipinski definition) is 1. The van der Waals surface area contributed by atoms with Crippen molar-refractivity contribution in [2.75, 3.05) is 12.4 Å². The molecule has 1 atom stereocenters. The standard InChI is InChI=1S/C13H17NO/c1-15-13-9-5-8-12(10-13)14-11-6-3-2-4-7-11/h3,5-6,8-11,14H,2,4,7H2,1H3. The average molecular weight is 203 g/mol. The average Bonchev–Trinajstić information content (AvgIpc) is 2.31. The molecule has 1 aliphatic rings. The van der Waals surface area contributed by atoms with Crippen LogP contribution in [0.1, 0.15) is 19.3 Å². The zero-order valence-electron chi connectivity index (χ0n) is 9.07. The van der Waals surface area contributed by atoms with E-state index in [0.717, 1.165) is 11.4 Å². The van der Waals surface area contributed by atoms with Crippen molar-refractivity contribution in [2.45, 2.75) is 25.3 Å². The Morgan fingerprint density at radius 3 is 3.07 bits per heavy atom. The topological polar surface area (TPSA) is 21.3 Å². The van der Waals surface area contributed by atoms with Gasteiger partial charge in [-0.25, -0.2) is 0 Å². The summed E-state index contributed by atoms with van der Waals surface area (Å²) in [4.78, 5) is 0. The Balaban J connectivity index is 2.03. The van der Waals surface area contributed by atoms with E-state index in [-0.39, 0.29) is 0 Å². The second kappa shape index (κ2) is 4.87. The van der Waals surface area contributed by atoms with Crippen molar-refractivity contribution in [1.29, 1.82) is 0 Å². The van der Waals surface area contributed by atoms with Crippen LogP contribution in [-0.2, 0) is 0 Å². The molecule has 0 radical (unpaired) electrons. The second-order valence-electron chi connectivity index (χ2n) is 3.84. The fourth-order valence-corrected chi connectivity index (χ4v) is 1.86. The summed E-state index contributed by atoms with van der Waals surface area (Å²) in [6, 6.07) is 8.55. The Morgan fingerprint density at radius 2 is 2.33 bits per heavy atom. The van der Waals surface area contributed by atoms with Gasteiger partial charge in [-0.15, -0.1) is 0 Å². The van der Waals surface area contributed by atoms with Gasteiger partial charge < -0.3 is 10.1 Å². The van der Waals surface area contributed by atoms with Crippen molar-refractivity contribution in [1.82, 2.24) is 0 Å². The number of ether oxygens (including phenoxy) is 1. The predicted molar refractivity (Wildman–Crippen MR) is 63.4 cm³/mol. The SMILES string of the molecule is COc1cccc(NC2C=CCCC2)c1. The number of anilines is 1. The lowest BCUT2D eigenvalue weighted by molar-refractivity contribution is 0.415. The summed E-state index contributed by atoms with van der Waals surface area (Å²) in [5.74, 6) is 0.903. The molecule has 15 heavy (non-hydrogen) atoms. The van der Waals surface area contributed by atoms with Crippen molar-refractivity contribution < 1.29 is 4.74 Å². The fourth-order valence-electron chi connectivity index (χ4n) is 1.86. The van der Waals surface area contributed by atoms with E-state index in [2.05, 4.69) is 23.5 Å². The minimum absolute atomic E-state index is 0.478. The molecule has 1 unspecified atom stereocenters. The lowest BCUT2D eigenvalue weighted by atomic mass is 10.0. The van der Waals surface area contributed by atoms with Crippen molar-refractivity contribution in [3.63, 3.8) is 0 Å². The predicted octanol–water partition coefficient (Wildman–Crippen LogP) is 3.22. The van der Waals surface area contributed by atoms with Crippen LogP contribution < -0.4 is 10.1 Å². The highest BCUT2D eigenvalue weighted by Gasteiger charge is 2.07. The van der Waals surface area contributed by atoms with Gasteiger partial charge in [-0.1, -0.05) is 18.2 Å². The van der Waals surface area contributed by atoms with E-state index >= 15 is 0 Å². The van der Waals surface area contributed by atoms with Gasteiger partial charge in [0, 0.05) is 17.8 Å². The summed E-state index contributed by atoms with van der Waals surface area (Å²) >= 11 is 0. The minimum Gasteiger partial charge on any atom is -0.497 e. The van der Waals surface area contributed by atoms with Gasteiger partial charge >= 0.3 is 0 Å². The molecule has 0 saturated heterocycles. The molecular weight excluding hydrogens is 186 g/mol. The molecule has 2 nitrogen and oxygen atoms in total. The molecule has 0 saturated carbocycles. The highest BCUT2D eigenvalue weighted by Crippen LogP contribution is 2.20. The van der Waals surface area contributed by atoms with Gasteiger partial charge in [-0.3, -0.25) is 0 Å². The van der Waals surface area contributed by atoms with Crippen LogP contribution >= 0.6 is 0 Å². The number of rotatable bonds is 3. The summed E-state index contributed by atoms with van der Waals surface area (Å²) < 4.78 is 5.19. The molecule has 2 heteroatoms. The summed E-state index contributed by atoms with van der Waals surface area (Å²) in [6.45, 7) is 0. The third-order valence-electron chi connectivity index (χ3n) is 2.68. The maximum Gasteiger partial charge on any atom is 0.120 e. The van der Waals surface area contributed by atoms with E-state index in [1.54, 1.807) is 7.11 Å². The quantitative estimate of drug-likeness (QED) is 0.762. The van der Waals surface area contributed by atoms with Crippen LogP contribution in [0.4, 0.5) is 5.69 Å². The van der Waals surface area contributed by atoms with E-state index < -0.39 is 0 Å². The van der Waals surface area contributed by atoms with E-state index in [9.17, 15) is 0 Å². The summed E-state index contributed by atoms with van der Waals surface area (Å²) in [7, 11) is 1.69. The highest BCUT2D eigenvalue weighted by molar-refractivity contribution is 5.49. The zero-order valence-corrected chi connectivity index (χ0v) is 9.07. The normalized spacial score (nSPS) is 19.9.